The van der Waals surface area contributed by atoms with Crippen molar-refractivity contribution in [1.29, 1.82) is 0 Å². The molecule has 4 heavy (non-hydrogen) atoms. The van der Waals surface area contributed by atoms with Gasteiger partial charge in [0.1, 0.15) is 0 Å². The van der Waals surface area contributed by atoms with Crippen molar-refractivity contribution in [3.63, 3.8) is 0 Å². The topological polar surface area (TPSA) is 0 Å². The van der Waals surface area contributed by atoms with Gasteiger partial charge in [0.15, 0.2) is 0 Å². The maximum atomic E-state index is 0. The lowest BCUT2D eigenvalue weighted by molar-refractivity contribution is 2.50. The van der Waals surface area contributed by atoms with E-state index in [1.54, 1.807) is 0 Å². The Morgan fingerprint density at radius 2 is 0.500 bits per heavy atom. The van der Waals surface area contributed by atoms with Gasteiger partial charge in [0.2, 0.25) is 0 Å². The zero-order valence-corrected chi connectivity index (χ0v) is 8.22. The average Bonchev–Trinajstić information content (AvgIpc) is 0. The van der Waals surface area contributed by atoms with Crippen LogP contribution in [0.1, 0.15) is 7.43 Å². The maximum absolute atomic E-state index is 0. The molecule has 0 N–H and O–H groups in total. The summed E-state index contributed by atoms with van der Waals surface area (Å²) in [5.74, 6) is 0. The summed E-state index contributed by atoms with van der Waals surface area (Å²) in [5, 5.41) is 0. The van der Waals surface area contributed by atoms with E-state index in [2.05, 4.69) is 0 Å². The lowest BCUT2D eigenvalue weighted by atomic mass is 12.0. The van der Waals surface area contributed by atoms with E-state index in [4.69, 9.17) is 0 Å². The van der Waals surface area contributed by atoms with E-state index in [0.29, 0.717) is 0 Å². The van der Waals surface area contributed by atoms with Crippen molar-refractivity contribution < 1.29 is 0 Å². The fraction of sp³-hybridized carbons (Fsp3) is 1.00. The second-order valence-electron chi connectivity index (χ2n) is 0. The van der Waals surface area contributed by atoms with Gasteiger partial charge in [-0.05, 0) is 0 Å². The van der Waals surface area contributed by atoms with Gasteiger partial charge in [0.05, 0.1) is 0 Å². The van der Waals surface area contributed by atoms with Gasteiger partial charge in [-0.3, -0.25) is 0 Å². The molecule has 0 unspecified atom stereocenters. The molecular formula is CH7I3. The molecule has 0 fully saturated rings. The Morgan fingerprint density at radius 1 is 0.500 bits per heavy atom. The van der Waals surface area contributed by atoms with Crippen molar-refractivity contribution in [1.82, 2.24) is 0 Å². The minimum absolute atomic E-state index is 0. The molecule has 32 valence electrons. The Morgan fingerprint density at radius 3 is 0.500 bits per heavy atom. The molecular weight excluding hydrogens is 393 g/mol. The fourth-order valence-corrected chi connectivity index (χ4v) is 0. The van der Waals surface area contributed by atoms with Gasteiger partial charge in [0.25, 0.3) is 0 Å². The van der Waals surface area contributed by atoms with Crippen molar-refractivity contribution >= 4 is 71.9 Å². The van der Waals surface area contributed by atoms with Gasteiger partial charge >= 0.3 is 0 Å². The van der Waals surface area contributed by atoms with Crippen LogP contribution in [-0.4, -0.2) is 0 Å². The minimum Gasteiger partial charge on any atom is -0.107 e. The summed E-state index contributed by atoms with van der Waals surface area (Å²) in [6.07, 6.45) is 0. The molecule has 0 spiro atoms. The molecule has 0 aromatic rings. The third-order valence-electron chi connectivity index (χ3n) is 0. The van der Waals surface area contributed by atoms with Crippen molar-refractivity contribution in [2.45, 2.75) is 7.43 Å². The molecule has 0 atom stereocenters. The van der Waals surface area contributed by atoms with Crippen LogP contribution in [0, 0.1) is 0 Å². The lowest BCUT2D eigenvalue weighted by Crippen LogP contribution is 0.144. The second-order valence-corrected chi connectivity index (χ2v) is 0. The molecule has 0 amide bonds. The predicted molar refractivity (Wildman–Crippen MR) is 53.0 cm³/mol. The summed E-state index contributed by atoms with van der Waals surface area (Å²) >= 11 is 0. The van der Waals surface area contributed by atoms with E-state index in [0.717, 1.165) is 0 Å². The molecule has 0 saturated carbocycles. The molecule has 0 bridgehead atoms. The molecule has 0 aromatic carbocycles. The number of hydrogen-bond donors (Lipinski definition) is 0. The summed E-state index contributed by atoms with van der Waals surface area (Å²) < 4.78 is 0. The van der Waals surface area contributed by atoms with E-state index in [9.17, 15) is 0 Å². The highest BCUT2D eigenvalue weighted by molar-refractivity contribution is 14.0. The molecule has 0 aliphatic heterocycles. The van der Waals surface area contributed by atoms with Crippen LogP contribution in [0.5, 0.6) is 0 Å². The molecule has 3 heteroatoms. The van der Waals surface area contributed by atoms with Gasteiger partial charge in [0, 0.05) is 0 Å². The highest BCUT2D eigenvalue weighted by Gasteiger charge is -0.0775. The first kappa shape index (κ1) is 34.8. The summed E-state index contributed by atoms with van der Waals surface area (Å²) in [6, 6.07) is 0. The molecule has 0 aliphatic carbocycles. The molecule has 0 aromatic heterocycles. The van der Waals surface area contributed by atoms with E-state index in [1.807, 2.05) is 0 Å². The van der Waals surface area contributed by atoms with E-state index >= 15 is 0 Å². The lowest BCUT2D eigenvalue weighted by Gasteiger charge is -0.108. The summed E-state index contributed by atoms with van der Waals surface area (Å²) in [4.78, 5) is 0. The predicted octanol–water partition coefficient (Wildman–Crippen LogP) is 2.49. The fourth-order valence-electron chi connectivity index (χ4n) is 0. The number of halogens is 3. The van der Waals surface area contributed by atoms with Crippen molar-refractivity contribution in [2.24, 2.45) is 0 Å². The summed E-state index contributed by atoms with van der Waals surface area (Å²) in [5.41, 5.74) is 0. The van der Waals surface area contributed by atoms with Crippen molar-refractivity contribution in [3.05, 3.63) is 0 Å². The Kier molecular flexibility index (Phi) is 165. The molecule has 0 saturated heterocycles. The first-order valence-corrected chi connectivity index (χ1v) is 0. The Balaban J connectivity index is 0. The van der Waals surface area contributed by atoms with Crippen LogP contribution in [0.3, 0.4) is 0 Å². The number of hydrogen-bond acceptors (Lipinski definition) is 0. The average molecular weight is 400 g/mol. The van der Waals surface area contributed by atoms with Crippen LogP contribution in [0.25, 0.3) is 0 Å². The van der Waals surface area contributed by atoms with Gasteiger partial charge in [-0.2, -0.15) is 0 Å². The Labute approximate surface area is 78.2 Å². The molecule has 0 rings (SSSR count). The van der Waals surface area contributed by atoms with Gasteiger partial charge in [-0.15, -0.1) is 71.9 Å². The smallest absolute Gasteiger partial charge is 0.0776 e. The first-order chi connectivity index (χ1) is 0. The SMILES string of the molecule is C.I.I.I. The van der Waals surface area contributed by atoms with Crippen LogP contribution < -0.4 is 0 Å². The third kappa shape index (κ3) is 8.89. The normalized spacial score (nSPS) is 0. The Hall–Kier alpha value is 2.19. The highest BCUT2D eigenvalue weighted by atomic mass is 127. The van der Waals surface area contributed by atoms with Crippen LogP contribution in [0.2, 0.25) is 0 Å². The third-order valence-corrected chi connectivity index (χ3v) is 0. The van der Waals surface area contributed by atoms with Crippen molar-refractivity contribution in [3.8, 4) is 0 Å². The van der Waals surface area contributed by atoms with Crippen molar-refractivity contribution in [2.75, 3.05) is 0 Å². The van der Waals surface area contributed by atoms with Gasteiger partial charge in [-0.25, -0.2) is 0 Å². The maximum Gasteiger partial charge on any atom is -0.0776 e. The van der Waals surface area contributed by atoms with Crippen LogP contribution in [-0.2, 0) is 0 Å². The molecule has 0 nitrogen and oxygen atoms in total. The zero-order valence-electron chi connectivity index (χ0n) is 1.22. The van der Waals surface area contributed by atoms with E-state index in [-0.39, 0.29) is 79.4 Å². The zero-order chi connectivity index (χ0) is 0. The summed E-state index contributed by atoms with van der Waals surface area (Å²) in [6.45, 7) is 0. The summed E-state index contributed by atoms with van der Waals surface area (Å²) in [7, 11) is 0. The molecule has 0 radical (unpaired) electrons. The highest BCUT2D eigenvalue weighted by Crippen LogP contribution is 0.888. The van der Waals surface area contributed by atoms with Crippen LogP contribution in [0.4, 0.5) is 0 Å². The van der Waals surface area contributed by atoms with Gasteiger partial charge in [-0.1, -0.05) is 7.43 Å². The van der Waals surface area contributed by atoms with E-state index < -0.39 is 0 Å². The van der Waals surface area contributed by atoms with E-state index in [1.165, 1.54) is 0 Å². The molecule has 0 heterocycles. The Bertz CT molecular complexity index is 3.25. The molecule has 0 aliphatic rings. The van der Waals surface area contributed by atoms with Crippen LogP contribution >= 0.6 is 71.9 Å². The largest absolute Gasteiger partial charge is 0.107 e. The van der Waals surface area contributed by atoms with Gasteiger partial charge < -0.3 is 0 Å². The van der Waals surface area contributed by atoms with Crippen LogP contribution in [0.15, 0.2) is 0 Å². The second kappa shape index (κ2) is 19.0. The number of rotatable bonds is 0. The monoisotopic (exact) mass is 400 g/mol. The quantitative estimate of drug-likeness (QED) is 0.549. The minimum atomic E-state index is 0. The first-order valence-electron chi connectivity index (χ1n) is 0. The standard InChI is InChI=1S/CH4.3HI/h1H4;3*1H.